The summed E-state index contributed by atoms with van der Waals surface area (Å²) in [7, 11) is 1.36. The number of phosphoric ester groups is 1. The molecule has 0 fully saturated rings. The second kappa shape index (κ2) is 36.8. The molecule has 0 saturated heterocycles. The summed E-state index contributed by atoms with van der Waals surface area (Å²) in [5, 5.41) is 0. The lowest BCUT2D eigenvalue weighted by molar-refractivity contribution is -0.870. The number of carbonyl (C=O) groups is 2. The number of likely N-dealkylation sites (N-methyl/N-ethyl adjacent to an activating group) is 1. The predicted molar refractivity (Wildman–Crippen MR) is 233 cm³/mol. The number of quaternary nitrogens is 1. The molecule has 2 atom stereocenters. The number of phosphoric acid groups is 1. The Balaban J connectivity index is 4.66. The van der Waals surface area contributed by atoms with Crippen molar-refractivity contribution in [1.29, 1.82) is 0 Å². The fourth-order valence-corrected chi connectivity index (χ4v) is 4.98. The lowest BCUT2D eigenvalue weighted by atomic mass is 10.2. The minimum absolute atomic E-state index is 0.00198. The first-order valence-corrected chi connectivity index (χ1v) is 21.5. The lowest BCUT2D eigenvalue weighted by Crippen LogP contribution is -2.37. The van der Waals surface area contributed by atoms with Gasteiger partial charge < -0.3 is 18.9 Å². The summed E-state index contributed by atoms with van der Waals surface area (Å²) >= 11 is 0. The van der Waals surface area contributed by atoms with Gasteiger partial charge >= 0.3 is 19.8 Å². The first kappa shape index (κ1) is 52.2. The van der Waals surface area contributed by atoms with Gasteiger partial charge in [-0.1, -0.05) is 148 Å². The highest BCUT2D eigenvalue weighted by atomic mass is 31.2. The van der Waals surface area contributed by atoms with Gasteiger partial charge in [-0.2, -0.15) is 0 Å². The molecule has 0 aliphatic rings. The molecule has 0 aliphatic heterocycles. The normalized spacial score (nSPS) is 15.0. The Labute approximate surface area is 339 Å². The summed E-state index contributed by atoms with van der Waals surface area (Å²) in [6.45, 7) is 3.93. The second-order valence-corrected chi connectivity index (χ2v) is 15.1. The molecule has 0 bridgehead atoms. The van der Waals surface area contributed by atoms with Crippen molar-refractivity contribution in [1.82, 2.24) is 0 Å². The molecular formula is C46H71NO8P+. The van der Waals surface area contributed by atoms with E-state index in [1.54, 1.807) is 0 Å². The van der Waals surface area contributed by atoms with Crippen LogP contribution in [0, 0.1) is 0 Å². The van der Waals surface area contributed by atoms with Crippen molar-refractivity contribution in [3.63, 3.8) is 0 Å². The van der Waals surface area contributed by atoms with Gasteiger partial charge in [-0.15, -0.1) is 0 Å². The summed E-state index contributed by atoms with van der Waals surface area (Å²) in [6, 6.07) is 0. The summed E-state index contributed by atoms with van der Waals surface area (Å²) < 4.78 is 34.0. The zero-order valence-electron chi connectivity index (χ0n) is 34.8. The fourth-order valence-electron chi connectivity index (χ4n) is 4.24. The number of hydrogen-bond donors (Lipinski definition) is 1. The Hall–Kier alpha value is -3.85. The van der Waals surface area contributed by atoms with Gasteiger partial charge in [0.05, 0.1) is 27.7 Å². The fraction of sp³-hybridized carbons (Fsp3) is 0.478. The average Bonchev–Trinajstić information content (AvgIpc) is 3.15. The number of unbranched alkanes of at least 4 members (excludes halogenated alkanes) is 1. The largest absolute Gasteiger partial charge is 0.472 e. The van der Waals surface area contributed by atoms with E-state index in [4.69, 9.17) is 18.5 Å². The van der Waals surface area contributed by atoms with Gasteiger partial charge in [0.1, 0.15) is 19.8 Å². The highest BCUT2D eigenvalue weighted by Crippen LogP contribution is 2.43. The predicted octanol–water partition coefficient (Wildman–Crippen LogP) is 11.1. The molecule has 2 unspecified atom stereocenters. The van der Waals surface area contributed by atoms with Crippen LogP contribution in [0.4, 0.5) is 0 Å². The molecule has 0 aromatic rings. The van der Waals surface area contributed by atoms with Gasteiger partial charge in [0.15, 0.2) is 6.10 Å². The standard InChI is InChI=1S/C46H70NO8P/c1-6-8-10-12-14-16-18-20-21-22-23-24-25-27-28-30-32-34-36-38-45(48)52-42-44(43-54-56(50,51)53-41-40-47(3,4)5)55-46(49)39-37-35-33-31-29-26-19-17-15-13-11-9-7-2/h8-11,13-17,19-21,23-24,26-29,31-34,44H,6-7,12,18,22,25,30,35-43H2,1-5H3/p+1/b10-8+,11-9+,15-13+,16-14+,19-17+,21-20+,24-23+,28-27+,29-26+,33-31+,34-32+. The maximum Gasteiger partial charge on any atom is 0.472 e. The van der Waals surface area contributed by atoms with E-state index in [0.717, 1.165) is 44.9 Å². The first-order valence-electron chi connectivity index (χ1n) is 20.0. The number of allylic oxidation sites excluding steroid dienone is 22. The zero-order chi connectivity index (χ0) is 41.4. The summed E-state index contributed by atoms with van der Waals surface area (Å²) in [5.41, 5.74) is 0. The Morgan fingerprint density at radius 2 is 1.05 bits per heavy atom. The molecule has 9 nitrogen and oxygen atoms in total. The van der Waals surface area contributed by atoms with Crippen molar-refractivity contribution in [3.8, 4) is 0 Å². The van der Waals surface area contributed by atoms with Crippen LogP contribution in [-0.4, -0.2) is 74.9 Å². The van der Waals surface area contributed by atoms with E-state index in [1.165, 1.54) is 0 Å². The van der Waals surface area contributed by atoms with Crippen LogP contribution in [0.1, 0.15) is 90.9 Å². The van der Waals surface area contributed by atoms with Crippen LogP contribution in [0.5, 0.6) is 0 Å². The number of carbonyl (C=O) groups excluding carboxylic acids is 2. The average molecular weight is 797 g/mol. The third kappa shape index (κ3) is 39.8. The Morgan fingerprint density at radius 1 is 0.571 bits per heavy atom. The minimum atomic E-state index is -4.42. The van der Waals surface area contributed by atoms with Gasteiger partial charge in [0, 0.05) is 12.8 Å². The molecule has 0 amide bonds. The molecule has 1 N–H and O–H groups in total. The second-order valence-electron chi connectivity index (χ2n) is 13.7. The molecule has 0 rings (SSSR count). The van der Waals surface area contributed by atoms with Gasteiger partial charge in [-0.05, 0) is 64.2 Å². The van der Waals surface area contributed by atoms with Crippen LogP contribution in [0.3, 0.4) is 0 Å². The van der Waals surface area contributed by atoms with E-state index in [1.807, 2.05) is 88.0 Å². The van der Waals surface area contributed by atoms with Crippen LogP contribution < -0.4 is 0 Å². The van der Waals surface area contributed by atoms with E-state index >= 15 is 0 Å². The highest BCUT2D eigenvalue weighted by Gasteiger charge is 2.27. The Morgan fingerprint density at radius 3 is 1.57 bits per heavy atom. The maximum atomic E-state index is 12.6. The number of rotatable bonds is 33. The molecule has 0 aromatic carbocycles. The van der Waals surface area contributed by atoms with Gasteiger partial charge in [-0.3, -0.25) is 18.6 Å². The molecule has 0 saturated carbocycles. The molecule has 0 aliphatic carbocycles. The van der Waals surface area contributed by atoms with Crippen LogP contribution >= 0.6 is 7.82 Å². The molecule has 0 heterocycles. The van der Waals surface area contributed by atoms with E-state index in [2.05, 4.69) is 80.7 Å². The Bertz CT molecular complexity index is 1410. The van der Waals surface area contributed by atoms with Gasteiger partial charge in [-0.25, -0.2) is 4.57 Å². The third-order valence-corrected chi connectivity index (χ3v) is 8.30. The zero-order valence-corrected chi connectivity index (χ0v) is 35.7. The molecule has 312 valence electrons. The van der Waals surface area contributed by atoms with Crippen molar-refractivity contribution >= 4 is 19.8 Å². The molecule has 56 heavy (non-hydrogen) atoms. The first-order chi connectivity index (χ1) is 27.0. The van der Waals surface area contributed by atoms with Crippen molar-refractivity contribution in [2.45, 2.75) is 97.0 Å². The highest BCUT2D eigenvalue weighted by molar-refractivity contribution is 7.47. The molecule has 10 heteroatoms. The summed E-state index contributed by atoms with van der Waals surface area (Å²) in [6.07, 6.45) is 52.5. The van der Waals surface area contributed by atoms with Gasteiger partial charge in [0.2, 0.25) is 0 Å². The van der Waals surface area contributed by atoms with Crippen molar-refractivity contribution in [3.05, 3.63) is 134 Å². The summed E-state index contributed by atoms with van der Waals surface area (Å²) in [4.78, 5) is 35.2. The van der Waals surface area contributed by atoms with E-state index < -0.39 is 32.5 Å². The smallest absolute Gasteiger partial charge is 0.462 e. The SMILES string of the molecule is CC/C=C/C=C/C=C/C=C/C=C/CCCC(=O)OC(COC(=O)CC/C=C/C/C=C/C/C=C/C/C=C/C/C=C/C/C=C/CC)COP(=O)(O)OCC[N+](C)(C)C. The van der Waals surface area contributed by atoms with Gasteiger partial charge in [0.25, 0.3) is 0 Å². The Kier molecular flexibility index (Phi) is 34.2. The van der Waals surface area contributed by atoms with E-state index in [9.17, 15) is 19.0 Å². The van der Waals surface area contributed by atoms with Crippen molar-refractivity contribution < 1.29 is 42.1 Å². The topological polar surface area (TPSA) is 108 Å². The van der Waals surface area contributed by atoms with Crippen LogP contribution in [-0.2, 0) is 32.7 Å². The van der Waals surface area contributed by atoms with Crippen LogP contribution in [0.15, 0.2) is 134 Å². The molecule has 0 radical (unpaired) electrons. The van der Waals surface area contributed by atoms with Crippen molar-refractivity contribution in [2.24, 2.45) is 0 Å². The quantitative estimate of drug-likeness (QED) is 0.0175. The van der Waals surface area contributed by atoms with E-state index in [0.29, 0.717) is 30.3 Å². The minimum Gasteiger partial charge on any atom is -0.462 e. The van der Waals surface area contributed by atoms with E-state index in [-0.39, 0.29) is 26.1 Å². The molecule has 0 spiro atoms. The van der Waals surface area contributed by atoms with Crippen molar-refractivity contribution in [2.75, 3.05) is 47.5 Å². The maximum absolute atomic E-state index is 12.6. The number of hydrogen-bond acceptors (Lipinski definition) is 7. The number of nitrogens with zero attached hydrogens (tertiary/aromatic N) is 1. The number of esters is 2. The van der Waals surface area contributed by atoms with Crippen LogP contribution in [0.25, 0.3) is 0 Å². The molecular weight excluding hydrogens is 725 g/mol. The molecule has 0 aromatic heterocycles. The monoisotopic (exact) mass is 796 g/mol. The summed E-state index contributed by atoms with van der Waals surface area (Å²) in [5.74, 6) is -1.00. The third-order valence-electron chi connectivity index (χ3n) is 7.32. The lowest BCUT2D eigenvalue weighted by Gasteiger charge is -2.24. The van der Waals surface area contributed by atoms with Crippen LogP contribution in [0.2, 0.25) is 0 Å². The number of ether oxygens (including phenoxy) is 2.